The minimum absolute atomic E-state index is 0.0144. The highest BCUT2D eigenvalue weighted by Crippen LogP contribution is 2.29. The number of hydrogen-bond donors (Lipinski definition) is 2. The third-order valence-corrected chi connectivity index (χ3v) is 3.79. The van der Waals surface area contributed by atoms with Crippen molar-refractivity contribution in [3.05, 3.63) is 28.8 Å². The molecule has 2 rings (SSSR count). The van der Waals surface area contributed by atoms with E-state index in [1.165, 1.54) is 12.5 Å². The number of ether oxygens (including phenoxy) is 1. The first kappa shape index (κ1) is 14.2. The Morgan fingerprint density at radius 2 is 2.00 bits per heavy atom. The molecule has 0 aromatic heterocycles. The van der Waals surface area contributed by atoms with Gasteiger partial charge >= 0.3 is 0 Å². The number of rotatable bonds is 3. The molecule has 0 spiro atoms. The zero-order valence-corrected chi connectivity index (χ0v) is 11.5. The number of hydrogen-bond acceptors (Lipinski definition) is 3. The molecule has 1 aliphatic carbocycles. The van der Waals surface area contributed by atoms with Gasteiger partial charge in [0.05, 0.1) is 5.02 Å². The average Bonchev–Trinajstić information content (AvgIpc) is 2.57. The van der Waals surface area contributed by atoms with Crippen LogP contribution in [-0.2, 0) is 0 Å². The van der Waals surface area contributed by atoms with E-state index in [2.05, 4.69) is 0 Å². The first-order chi connectivity index (χ1) is 9.08. The van der Waals surface area contributed by atoms with Crippen molar-refractivity contribution in [1.29, 1.82) is 0 Å². The summed E-state index contributed by atoms with van der Waals surface area (Å²) in [6.07, 6.45) is 5.36. The first-order valence-corrected chi connectivity index (χ1v) is 6.97. The summed E-state index contributed by atoms with van der Waals surface area (Å²) in [6, 6.07) is 4.86. The summed E-state index contributed by atoms with van der Waals surface area (Å²) in [5.41, 5.74) is 11.7. The van der Waals surface area contributed by atoms with Crippen molar-refractivity contribution in [3.8, 4) is 5.75 Å². The Balaban J connectivity index is 2.11. The van der Waals surface area contributed by atoms with Crippen LogP contribution in [-0.4, -0.2) is 18.1 Å². The van der Waals surface area contributed by atoms with Gasteiger partial charge in [0.2, 0.25) is 5.91 Å². The van der Waals surface area contributed by atoms with Gasteiger partial charge in [-0.05, 0) is 37.5 Å². The van der Waals surface area contributed by atoms with Gasteiger partial charge in [-0.15, -0.1) is 0 Å². The minimum Gasteiger partial charge on any atom is -0.487 e. The van der Waals surface area contributed by atoms with Crippen LogP contribution in [0.1, 0.15) is 42.5 Å². The number of carbonyl (C=O) groups is 1. The SMILES string of the molecule is NC(=O)c1ccc(OC2CCCCCC2N)c(Cl)c1. The van der Waals surface area contributed by atoms with Gasteiger partial charge in [0.15, 0.2) is 0 Å². The van der Waals surface area contributed by atoms with Crippen LogP contribution in [0.5, 0.6) is 5.75 Å². The van der Waals surface area contributed by atoms with E-state index < -0.39 is 5.91 Å². The third-order valence-electron chi connectivity index (χ3n) is 3.50. The fourth-order valence-corrected chi connectivity index (χ4v) is 2.59. The lowest BCUT2D eigenvalue weighted by Crippen LogP contribution is -2.37. The monoisotopic (exact) mass is 282 g/mol. The molecule has 1 amide bonds. The van der Waals surface area contributed by atoms with Crippen LogP contribution < -0.4 is 16.2 Å². The molecule has 104 valence electrons. The third kappa shape index (κ3) is 3.61. The van der Waals surface area contributed by atoms with Crippen molar-refractivity contribution >= 4 is 17.5 Å². The van der Waals surface area contributed by atoms with Gasteiger partial charge in [0.1, 0.15) is 11.9 Å². The van der Waals surface area contributed by atoms with E-state index in [1.54, 1.807) is 12.1 Å². The molecule has 0 saturated heterocycles. The molecule has 0 radical (unpaired) electrons. The van der Waals surface area contributed by atoms with Crippen LogP contribution in [0.2, 0.25) is 5.02 Å². The van der Waals surface area contributed by atoms with Crippen LogP contribution in [0.25, 0.3) is 0 Å². The van der Waals surface area contributed by atoms with E-state index in [4.69, 9.17) is 27.8 Å². The Hall–Kier alpha value is -1.26. The summed E-state index contributed by atoms with van der Waals surface area (Å²) in [5.74, 6) is 0.0636. The Kier molecular flexibility index (Phi) is 4.66. The molecule has 2 unspecified atom stereocenters. The highest BCUT2D eigenvalue weighted by molar-refractivity contribution is 6.32. The average molecular weight is 283 g/mol. The lowest BCUT2D eigenvalue weighted by molar-refractivity contribution is 0.1000. The van der Waals surface area contributed by atoms with E-state index in [0.717, 1.165) is 25.7 Å². The van der Waals surface area contributed by atoms with E-state index in [0.29, 0.717) is 16.3 Å². The molecular weight excluding hydrogens is 264 g/mol. The van der Waals surface area contributed by atoms with Gasteiger partial charge in [-0.2, -0.15) is 0 Å². The molecule has 4 N–H and O–H groups in total. The Morgan fingerprint density at radius 3 is 2.68 bits per heavy atom. The summed E-state index contributed by atoms with van der Waals surface area (Å²) in [6.45, 7) is 0. The molecule has 2 atom stereocenters. The largest absolute Gasteiger partial charge is 0.487 e. The van der Waals surface area contributed by atoms with Crippen molar-refractivity contribution in [2.24, 2.45) is 11.5 Å². The number of carbonyl (C=O) groups excluding carboxylic acids is 1. The molecule has 0 aliphatic heterocycles. The Morgan fingerprint density at radius 1 is 1.26 bits per heavy atom. The maximum Gasteiger partial charge on any atom is 0.248 e. The molecule has 1 fully saturated rings. The van der Waals surface area contributed by atoms with Crippen molar-refractivity contribution in [1.82, 2.24) is 0 Å². The predicted octanol–water partition coefficient (Wildman–Crippen LogP) is 2.48. The van der Waals surface area contributed by atoms with Crippen LogP contribution in [0, 0.1) is 0 Å². The smallest absolute Gasteiger partial charge is 0.248 e. The summed E-state index contributed by atoms with van der Waals surface area (Å²) in [4.78, 5) is 11.1. The second-order valence-electron chi connectivity index (χ2n) is 4.97. The van der Waals surface area contributed by atoms with E-state index >= 15 is 0 Å². The molecule has 5 heteroatoms. The van der Waals surface area contributed by atoms with E-state index in [1.807, 2.05) is 0 Å². The molecule has 1 aromatic rings. The highest BCUT2D eigenvalue weighted by atomic mass is 35.5. The van der Waals surface area contributed by atoms with Crippen LogP contribution in [0.3, 0.4) is 0 Å². The second kappa shape index (κ2) is 6.26. The molecule has 1 aliphatic rings. The predicted molar refractivity (Wildman–Crippen MR) is 75.4 cm³/mol. The highest BCUT2D eigenvalue weighted by Gasteiger charge is 2.22. The molecule has 1 saturated carbocycles. The number of nitrogens with two attached hydrogens (primary N) is 2. The normalized spacial score (nSPS) is 23.7. The lowest BCUT2D eigenvalue weighted by Gasteiger charge is -2.23. The second-order valence-corrected chi connectivity index (χ2v) is 5.37. The molecule has 0 bridgehead atoms. The van der Waals surface area contributed by atoms with Crippen molar-refractivity contribution < 1.29 is 9.53 Å². The topological polar surface area (TPSA) is 78.3 Å². The van der Waals surface area contributed by atoms with Gasteiger partial charge in [-0.1, -0.05) is 24.4 Å². The maximum absolute atomic E-state index is 11.1. The number of amides is 1. The van der Waals surface area contributed by atoms with Gasteiger partial charge in [0.25, 0.3) is 0 Å². The molecule has 1 aromatic carbocycles. The van der Waals surface area contributed by atoms with Crippen molar-refractivity contribution in [2.75, 3.05) is 0 Å². The maximum atomic E-state index is 11.1. The fraction of sp³-hybridized carbons (Fsp3) is 0.500. The van der Waals surface area contributed by atoms with Crippen molar-refractivity contribution in [2.45, 2.75) is 44.2 Å². The van der Waals surface area contributed by atoms with Crippen LogP contribution in [0.4, 0.5) is 0 Å². The number of benzene rings is 1. The Labute approximate surface area is 118 Å². The molecule has 4 nitrogen and oxygen atoms in total. The van der Waals surface area contributed by atoms with E-state index in [-0.39, 0.29) is 12.1 Å². The molecular formula is C14H19ClN2O2. The van der Waals surface area contributed by atoms with Crippen molar-refractivity contribution in [3.63, 3.8) is 0 Å². The quantitative estimate of drug-likeness (QED) is 0.836. The molecule has 0 heterocycles. The Bertz CT molecular complexity index is 465. The zero-order valence-electron chi connectivity index (χ0n) is 10.8. The lowest BCUT2D eigenvalue weighted by atomic mass is 10.1. The number of halogens is 1. The zero-order chi connectivity index (χ0) is 13.8. The summed E-state index contributed by atoms with van der Waals surface area (Å²) >= 11 is 6.11. The fourth-order valence-electron chi connectivity index (χ4n) is 2.36. The summed E-state index contributed by atoms with van der Waals surface area (Å²) in [5, 5.41) is 0.396. The van der Waals surface area contributed by atoms with E-state index in [9.17, 15) is 4.79 Å². The standard InChI is InChI=1S/C14H19ClN2O2/c15-10-8-9(14(17)18)6-7-12(10)19-13-5-3-1-2-4-11(13)16/h6-8,11,13H,1-5,16H2,(H2,17,18). The number of primary amides is 1. The van der Waals surface area contributed by atoms with Crippen LogP contribution >= 0.6 is 11.6 Å². The molecule has 19 heavy (non-hydrogen) atoms. The van der Waals surface area contributed by atoms with Gasteiger partial charge < -0.3 is 16.2 Å². The van der Waals surface area contributed by atoms with Gasteiger partial charge in [0, 0.05) is 11.6 Å². The summed E-state index contributed by atoms with van der Waals surface area (Å²) in [7, 11) is 0. The minimum atomic E-state index is -0.500. The summed E-state index contributed by atoms with van der Waals surface area (Å²) < 4.78 is 5.90. The van der Waals surface area contributed by atoms with Crippen LogP contribution in [0.15, 0.2) is 18.2 Å². The van der Waals surface area contributed by atoms with Gasteiger partial charge in [-0.3, -0.25) is 4.79 Å². The first-order valence-electron chi connectivity index (χ1n) is 6.59. The van der Waals surface area contributed by atoms with Gasteiger partial charge in [-0.25, -0.2) is 0 Å².